The number of aliphatic hydroxyl groups is 1. The van der Waals surface area contributed by atoms with Gasteiger partial charge in [0.25, 0.3) is 11.7 Å². The molecule has 3 aromatic carbocycles. The summed E-state index contributed by atoms with van der Waals surface area (Å²) >= 11 is 11.9. The third-order valence-electron chi connectivity index (χ3n) is 5.24. The summed E-state index contributed by atoms with van der Waals surface area (Å²) in [4.78, 5) is 27.2. The van der Waals surface area contributed by atoms with E-state index in [1.807, 2.05) is 0 Å². The topological polar surface area (TPSA) is 57.6 Å². The SMILES string of the molecule is Cc1cc(/C(O)=C2\C(=O)C(=O)N(c3ccc(F)c(Cl)c3)C2c2ccc(Cl)cc2)ccc1F. The number of Topliss-reactive ketones (excluding diaryl/α,β-unsaturated/α-hetero) is 1. The molecular weight excluding hydrogens is 459 g/mol. The number of carbonyl (C=O) groups excluding carboxylic acids is 2. The van der Waals surface area contributed by atoms with E-state index >= 15 is 0 Å². The lowest BCUT2D eigenvalue weighted by atomic mass is 9.94. The van der Waals surface area contributed by atoms with Crippen LogP contribution < -0.4 is 4.90 Å². The summed E-state index contributed by atoms with van der Waals surface area (Å²) in [6.07, 6.45) is 0. The zero-order chi connectivity index (χ0) is 23.2. The maximum Gasteiger partial charge on any atom is 0.300 e. The maximum atomic E-state index is 13.7. The summed E-state index contributed by atoms with van der Waals surface area (Å²) in [6, 6.07) is 12.8. The first-order valence-corrected chi connectivity index (χ1v) is 10.2. The molecule has 0 aliphatic carbocycles. The summed E-state index contributed by atoms with van der Waals surface area (Å²) in [5.74, 6) is -3.48. The predicted octanol–water partition coefficient (Wildman–Crippen LogP) is 6.21. The van der Waals surface area contributed by atoms with Gasteiger partial charge in [0.05, 0.1) is 16.6 Å². The molecule has 1 unspecified atom stereocenters. The van der Waals surface area contributed by atoms with Gasteiger partial charge in [-0.15, -0.1) is 0 Å². The lowest BCUT2D eigenvalue weighted by Gasteiger charge is -2.25. The Labute approximate surface area is 192 Å². The van der Waals surface area contributed by atoms with Crippen molar-refractivity contribution in [1.82, 2.24) is 0 Å². The molecule has 1 fully saturated rings. The molecule has 1 atom stereocenters. The number of rotatable bonds is 3. The van der Waals surface area contributed by atoms with Crippen LogP contribution in [-0.2, 0) is 9.59 Å². The Balaban J connectivity index is 1.96. The van der Waals surface area contributed by atoms with Gasteiger partial charge in [-0.05, 0) is 66.6 Å². The molecule has 1 heterocycles. The van der Waals surface area contributed by atoms with Crippen LogP contribution in [0.25, 0.3) is 5.76 Å². The number of benzene rings is 3. The molecule has 162 valence electrons. The standard InChI is InChI=1S/C24H15Cl2F2NO3/c1-12-10-14(4-8-18(12)27)22(30)20-21(13-2-5-15(25)6-3-13)29(24(32)23(20)31)16-7-9-19(28)17(26)11-16/h2-11,21,30H,1H3/b22-20+. The van der Waals surface area contributed by atoms with Crippen molar-refractivity contribution >= 4 is 46.3 Å². The fourth-order valence-electron chi connectivity index (χ4n) is 3.64. The lowest BCUT2D eigenvalue weighted by molar-refractivity contribution is -0.132. The molecule has 0 radical (unpaired) electrons. The van der Waals surface area contributed by atoms with Crippen LogP contribution in [0.3, 0.4) is 0 Å². The van der Waals surface area contributed by atoms with Gasteiger partial charge in [-0.3, -0.25) is 14.5 Å². The Morgan fingerprint density at radius 2 is 1.59 bits per heavy atom. The second kappa shape index (κ2) is 8.37. The number of hydrogen-bond acceptors (Lipinski definition) is 3. The van der Waals surface area contributed by atoms with E-state index < -0.39 is 35.1 Å². The minimum Gasteiger partial charge on any atom is -0.507 e. The largest absolute Gasteiger partial charge is 0.507 e. The number of aliphatic hydroxyl groups excluding tert-OH is 1. The Bertz CT molecular complexity index is 1290. The number of ketones is 1. The molecule has 8 heteroatoms. The van der Waals surface area contributed by atoms with Crippen molar-refractivity contribution in [1.29, 1.82) is 0 Å². The molecule has 1 N–H and O–H groups in total. The fraction of sp³-hybridized carbons (Fsp3) is 0.0833. The van der Waals surface area contributed by atoms with E-state index in [1.165, 1.54) is 31.2 Å². The van der Waals surface area contributed by atoms with Crippen molar-refractivity contribution in [2.24, 2.45) is 0 Å². The minimum atomic E-state index is -1.04. The number of anilines is 1. The van der Waals surface area contributed by atoms with Gasteiger partial charge in [0.15, 0.2) is 0 Å². The monoisotopic (exact) mass is 473 g/mol. The highest BCUT2D eigenvalue weighted by molar-refractivity contribution is 6.51. The van der Waals surface area contributed by atoms with Crippen LogP contribution in [0.15, 0.2) is 66.2 Å². The number of hydrogen-bond donors (Lipinski definition) is 1. The first-order valence-electron chi connectivity index (χ1n) is 9.47. The van der Waals surface area contributed by atoms with Gasteiger partial charge < -0.3 is 5.11 Å². The number of amides is 1. The van der Waals surface area contributed by atoms with Crippen LogP contribution in [0.4, 0.5) is 14.5 Å². The quantitative estimate of drug-likeness (QED) is 0.279. The normalized spacial score (nSPS) is 17.8. The molecule has 0 spiro atoms. The summed E-state index contributed by atoms with van der Waals surface area (Å²) in [7, 11) is 0. The second-order valence-corrected chi connectivity index (χ2v) is 8.13. The number of halogens is 4. The predicted molar refractivity (Wildman–Crippen MR) is 119 cm³/mol. The Morgan fingerprint density at radius 1 is 0.938 bits per heavy atom. The molecule has 1 amide bonds. The third kappa shape index (κ3) is 3.76. The van der Waals surface area contributed by atoms with Gasteiger partial charge in [0, 0.05) is 16.3 Å². The molecule has 0 bridgehead atoms. The molecule has 4 nitrogen and oxygen atoms in total. The Morgan fingerprint density at radius 3 is 2.22 bits per heavy atom. The molecule has 4 rings (SSSR count). The Hall–Kier alpha value is -3.22. The first-order chi connectivity index (χ1) is 15.2. The van der Waals surface area contributed by atoms with Gasteiger partial charge in [-0.2, -0.15) is 0 Å². The smallest absolute Gasteiger partial charge is 0.300 e. The first kappa shape index (κ1) is 22.0. The lowest BCUT2D eigenvalue weighted by Crippen LogP contribution is -2.29. The summed E-state index contributed by atoms with van der Waals surface area (Å²) < 4.78 is 27.5. The summed E-state index contributed by atoms with van der Waals surface area (Å²) in [5.41, 5.74) is 0.903. The van der Waals surface area contributed by atoms with Crippen molar-refractivity contribution < 1.29 is 23.5 Å². The van der Waals surface area contributed by atoms with Gasteiger partial charge in [0.2, 0.25) is 0 Å². The highest BCUT2D eigenvalue weighted by Gasteiger charge is 2.47. The molecule has 32 heavy (non-hydrogen) atoms. The van der Waals surface area contributed by atoms with E-state index in [2.05, 4.69) is 0 Å². The van der Waals surface area contributed by atoms with Crippen LogP contribution in [0.2, 0.25) is 10.0 Å². The van der Waals surface area contributed by atoms with Crippen molar-refractivity contribution in [2.45, 2.75) is 13.0 Å². The van der Waals surface area contributed by atoms with E-state index in [4.69, 9.17) is 23.2 Å². The average Bonchev–Trinajstić information content (AvgIpc) is 3.03. The van der Waals surface area contributed by atoms with Gasteiger partial charge in [-0.25, -0.2) is 8.78 Å². The average molecular weight is 474 g/mol. The van der Waals surface area contributed by atoms with Crippen molar-refractivity contribution in [3.8, 4) is 0 Å². The molecule has 3 aromatic rings. The summed E-state index contributed by atoms with van der Waals surface area (Å²) in [6.45, 7) is 1.52. The van der Waals surface area contributed by atoms with Gasteiger partial charge in [-0.1, -0.05) is 35.3 Å². The maximum absolute atomic E-state index is 13.7. The zero-order valence-electron chi connectivity index (χ0n) is 16.6. The molecule has 1 aliphatic heterocycles. The van der Waals surface area contributed by atoms with Crippen LogP contribution in [0.1, 0.15) is 22.7 Å². The molecule has 0 aromatic heterocycles. The van der Waals surface area contributed by atoms with E-state index in [-0.39, 0.29) is 27.4 Å². The highest BCUT2D eigenvalue weighted by Crippen LogP contribution is 2.43. The molecule has 1 saturated heterocycles. The third-order valence-corrected chi connectivity index (χ3v) is 5.78. The molecular formula is C24H15Cl2F2NO3. The van der Waals surface area contributed by atoms with E-state index in [1.54, 1.807) is 24.3 Å². The highest BCUT2D eigenvalue weighted by atomic mass is 35.5. The fourth-order valence-corrected chi connectivity index (χ4v) is 3.94. The van der Waals surface area contributed by atoms with Crippen LogP contribution in [0.5, 0.6) is 0 Å². The minimum absolute atomic E-state index is 0.174. The van der Waals surface area contributed by atoms with E-state index in [0.717, 1.165) is 17.0 Å². The van der Waals surface area contributed by atoms with Crippen LogP contribution >= 0.6 is 23.2 Å². The molecule has 0 saturated carbocycles. The van der Waals surface area contributed by atoms with E-state index in [9.17, 15) is 23.5 Å². The molecule has 1 aliphatic rings. The second-order valence-electron chi connectivity index (χ2n) is 7.28. The van der Waals surface area contributed by atoms with Crippen LogP contribution in [-0.4, -0.2) is 16.8 Å². The van der Waals surface area contributed by atoms with E-state index in [0.29, 0.717) is 10.6 Å². The number of aryl methyl sites for hydroxylation is 1. The summed E-state index contributed by atoms with van der Waals surface area (Å²) in [5, 5.41) is 11.2. The van der Waals surface area contributed by atoms with Crippen molar-refractivity contribution in [2.75, 3.05) is 4.90 Å². The van der Waals surface area contributed by atoms with Crippen molar-refractivity contribution in [3.05, 3.63) is 105 Å². The number of nitrogens with zero attached hydrogens (tertiary/aromatic N) is 1. The van der Waals surface area contributed by atoms with Crippen molar-refractivity contribution in [3.63, 3.8) is 0 Å². The van der Waals surface area contributed by atoms with Gasteiger partial charge >= 0.3 is 0 Å². The van der Waals surface area contributed by atoms with Gasteiger partial charge in [0.1, 0.15) is 17.4 Å². The zero-order valence-corrected chi connectivity index (χ0v) is 18.1. The number of carbonyl (C=O) groups is 2. The van der Waals surface area contributed by atoms with Crippen LogP contribution in [0, 0.1) is 18.6 Å². The Kier molecular flexibility index (Phi) is 5.75.